The van der Waals surface area contributed by atoms with Gasteiger partial charge in [0.25, 0.3) is 0 Å². The van der Waals surface area contributed by atoms with Crippen molar-refractivity contribution in [2.24, 2.45) is 5.92 Å². The SMILES string of the molecule is CCCN1C(=O)CC(C(=O)O)C1c1cncs1. The Kier molecular flexibility index (Phi) is 3.42. The lowest BCUT2D eigenvalue weighted by atomic mass is 9.99. The molecule has 0 aromatic carbocycles. The number of thiazole rings is 1. The third kappa shape index (κ3) is 2.17. The van der Waals surface area contributed by atoms with Crippen LogP contribution in [0, 0.1) is 5.92 Å². The minimum absolute atomic E-state index is 0.0716. The highest BCUT2D eigenvalue weighted by molar-refractivity contribution is 7.09. The van der Waals surface area contributed by atoms with Crippen molar-refractivity contribution in [2.75, 3.05) is 6.54 Å². The largest absolute Gasteiger partial charge is 0.481 e. The van der Waals surface area contributed by atoms with Gasteiger partial charge in [-0.2, -0.15) is 0 Å². The predicted octanol–water partition coefficient (Wildman–Crippen LogP) is 1.53. The summed E-state index contributed by atoms with van der Waals surface area (Å²) in [5.74, 6) is -1.62. The molecular weight excluding hydrogens is 240 g/mol. The van der Waals surface area contributed by atoms with E-state index in [2.05, 4.69) is 4.98 Å². The van der Waals surface area contributed by atoms with Crippen molar-refractivity contribution in [3.63, 3.8) is 0 Å². The van der Waals surface area contributed by atoms with Crippen LogP contribution in [0.4, 0.5) is 0 Å². The second-order valence-corrected chi connectivity index (χ2v) is 5.00. The first kappa shape index (κ1) is 12.0. The number of carbonyl (C=O) groups excluding carboxylic acids is 1. The first-order valence-corrected chi connectivity index (χ1v) is 6.43. The van der Waals surface area contributed by atoms with E-state index in [1.54, 1.807) is 16.6 Å². The predicted molar refractivity (Wildman–Crippen MR) is 62.6 cm³/mol. The molecule has 5 nitrogen and oxygen atoms in total. The van der Waals surface area contributed by atoms with E-state index >= 15 is 0 Å². The fraction of sp³-hybridized carbons (Fsp3) is 0.545. The van der Waals surface area contributed by atoms with E-state index in [1.807, 2.05) is 6.92 Å². The van der Waals surface area contributed by atoms with Crippen LogP contribution in [0.3, 0.4) is 0 Å². The van der Waals surface area contributed by atoms with Crippen molar-refractivity contribution < 1.29 is 14.7 Å². The van der Waals surface area contributed by atoms with E-state index in [9.17, 15) is 14.7 Å². The summed E-state index contributed by atoms with van der Waals surface area (Å²) in [6.07, 6.45) is 2.58. The van der Waals surface area contributed by atoms with Gasteiger partial charge in [0.2, 0.25) is 5.91 Å². The molecule has 6 heteroatoms. The molecule has 0 aliphatic carbocycles. The molecule has 0 spiro atoms. The van der Waals surface area contributed by atoms with Crippen LogP contribution in [0.5, 0.6) is 0 Å². The number of nitrogens with zero attached hydrogens (tertiary/aromatic N) is 2. The molecule has 1 aliphatic rings. The lowest BCUT2D eigenvalue weighted by Crippen LogP contribution is -2.30. The molecule has 2 heterocycles. The lowest BCUT2D eigenvalue weighted by Gasteiger charge is -2.25. The maximum absolute atomic E-state index is 11.8. The van der Waals surface area contributed by atoms with Crippen molar-refractivity contribution in [1.82, 2.24) is 9.88 Å². The second kappa shape index (κ2) is 4.83. The summed E-state index contributed by atoms with van der Waals surface area (Å²) in [6.45, 7) is 2.58. The fourth-order valence-corrected chi connectivity index (χ4v) is 3.04. The topological polar surface area (TPSA) is 70.5 Å². The van der Waals surface area contributed by atoms with Crippen LogP contribution in [0.1, 0.15) is 30.7 Å². The summed E-state index contributed by atoms with van der Waals surface area (Å²) in [5, 5.41) is 9.19. The zero-order valence-corrected chi connectivity index (χ0v) is 10.3. The zero-order chi connectivity index (χ0) is 12.4. The molecule has 1 aromatic rings. The standard InChI is InChI=1S/C11H14N2O3S/c1-2-3-13-9(14)4-7(11(15)16)10(13)8-5-12-6-17-8/h5-7,10H,2-4H2,1H3,(H,15,16). The summed E-state index contributed by atoms with van der Waals surface area (Å²) < 4.78 is 0. The molecule has 2 atom stereocenters. The molecule has 0 bridgehead atoms. The van der Waals surface area contributed by atoms with Gasteiger partial charge in [0, 0.05) is 24.0 Å². The molecule has 1 N–H and O–H groups in total. The first-order chi connectivity index (χ1) is 8.15. The van der Waals surface area contributed by atoms with Gasteiger partial charge in [0.15, 0.2) is 0 Å². The summed E-state index contributed by atoms with van der Waals surface area (Å²) in [5.41, 5.74) is 1.67. The van der Waals surface area contributed by atoms with Crippen molar-refractivity contribution >= 4 is 23.2 Å². The molecule has 2 rings (SSSR count). The van der Waals surface area contributed by atoms with Crippen molar-refractivity contribution in [2.45, 2.75) is 25.8 Å². The number of aromatic nitrogens is 1. The average molecular weight is 254 g/mol. The van der Waals surface area contributed by atoms with E-state index in [4.69, 9.17) is 0 Å². The van der Waals surface area contributed by atoms with Crippen LogP contribution in [0.25, 0.3) is 0 Å². The smallest absolute Gasteiger partial charge is 0.309 e. The Bertz CT molecular complexity index is 418. The molecule has 1 aliphatic heterocycles. The van der Waals surface area contributed by atoms with Crippen molar-refractivity contribution in [1.29, 1.82) is 0 Å². The number of aliphatic carboxylic acids is 1. The summed E-state index contributed by atoms with van der Waals surface area (Å²) in [7, 11) is 0. The van der Waals surface area contributed by atoms with Gasteiger partial charge in [-0.25, -0.2) is 0 Å². The Hall–Kier alpha value is -1.43. The molecular formula is C11H14N2O3S. The highest BCUT2D eigenvalue weighted by atomic mass is 32.1. The molecule has 92 valence electrons. The Morgan fingerprint density at radius 3 is 3.00 bits per heavy atom. The monoisotopic (exact) mass is 254 g/mol. The normalized spacial score (nSPS) is 24.3. The van der Waals surface area contributed by atoms with Crippen LogP contribution in [0.2, 0.25) is 0 Å². The average Bonchev–Trinajstić information content (AvgIpc) is 2.87. The third-order valence-corrected chi connectivity index (χ3v) is 3.80. The fourth-order valence-electron chi connectivity index (χ4n) is 2.24. The molecule has 1 saturated heterocycles. The Balaban J connectivity index is 2.32. The highest BCUT2D eigenvalue weighted by Gasteiger charge is 2.44. The van der Waals surface area contributed by atoms with Gasteiger partial charge in [-0.15, -0.1) is 11.3 Å². The van der Waals surface area contributed by atoms with Gasteiger partial charge in [0.05, 0.1) is 17.5 Å². The van der Waals surface area contributed by atoms with E-state index in [1.165, 1.54) is 11.3 Å². The summed E-state index contributed by atoms with van der Waals surface area (Å²) >= 11 is 1.40. The Morgan fingerprint density at radius 1 is 1.71 bits per heavy atom. The van der Waals surface area contributed by atoms with Gasteiger partial charge in [-0.3, -0.25) is 14.6 Å². The van der Waals surface area contributed by atoms with E-state index < -0.39 is 11.9 Å². The number of likely N-dealkylation sites (tertiary alicyclic amines) is 1. The quantitative estimate of drug-likeness (QED) is 0.884. The molecule has 0 radical (unpaired) electrons. The maximum Gasteiger partial charge on any atom is 0.309 e. The number of carboxylic acid groups (broad SMARTS) is 1. The van der Waals surface area contributed by atoms with E-state index in [-0.39, 0.29) is 18.4 Å². The highest BCUT2D eigenvalue weighted by Crippen LogP contribution is 2.39. The van der Waals surface area contributed by atoms with Crippen LogP contribution in [-0.2, 0) is 9.59 Å². The molecule has 0 saturated carbocycles. The van der Waals surface area contributed by atoms with Crippen molar-refractivity contribution in [3.8, 4) is 0 Å². The van der Waals surface area contributed by atoms with Crippen LogP contribution in [-0.4, -0.2) is 33.4 Å². The van der Waals surface area contributed by atoms with Gasteiger partial charge in [-0.1, -0.05) is 6.92 Å². The lowest BCUT2D eigenvalue weighted by molar-refractivity contribution is -0.142. The third-order valence-electron chi connectivity index (χ3n) is 2.96. The number of carboxylic acids is 1. The van der Waals surface area contributed by atoms with Crippen molar-refractivity contribution in [3.05, 3.63) is 16.6 Å². The van der Waals surface area contributed by atoms with E-state index in [0.717, 1.165) is 11.3 Å². The molecule has 17 heavy (non-hydrogen) atoms. The number of carbonyl (C=O) groups is 2. The maximum atomic E-state index is 11.8. The van der Waals surface area contributed by atoms with Gasteiger partial charge < -0.3 is 10.0 Å². The minimum atomic E-state index is -0.907. The van der Waals surface area contributed by atoms with Gasteiger partial charge >= 0.3 is 5.97 Å². The number of rotatable bonds is 4. The van der Waals surface area contributed by atoms with Gasteiger partial charge in [-0.05, 0) is 6.42 Å². The summed E-state index contributed by atoms with van der Waals surface area (Å²) in [4.78, 5) is 29.5. The Labute approximate surface area is 103 Å². The first-order valence-electron chi connectivity index (χ1n) is 5.55. The summed E-state index contributed by atoms with van der Waals surface area (Å²) in [6, 6.07) is -0.340. The number of hydrogen-bond acceptors (Lipinski definition) is 4. The molecule has 1 aromatic heterocycles. The number of amides is 1. The molecule has 1 amide bonds. The van der Waals surface area contributed by atoms with Crippen LogP contribution >= 0.6 is 11.3 Å². The Morgan fingerprint density at radius 2 is 2.47 bits per heavy atom. The van der Waals surface area contributed by atoms with Gasteiger partial charge in [0.1, 0.15) is 0 Å². The zero-order valence-electron chi connectivity index (χ0n) is 9.50. The molecule has 2 unspecified atom stereocenters. The molecule has 1 fully saturated rings. The van der Waals surface area contributed by atoms with Crippen LogP contribution < -0.4 is 0 Å². The second-order valence-electron chi connectivity index (χ2n) is 4.08. The number of hydrogen-bond donors (Lipinski definition) is 1. The van der Waals surface area contributed by atoms with Crippen LogP contribution in [0.15, 0.2) is 11.7 Å². The minimum Gasteiger partial charge on any atom is -0.481 e. The van der Waals surface area contributed by atoms with E-state index in [0.29, 0.717) is 6.54 Å².